The Hall–Kier alpha value is -1.70. The van der Waals surface area contributed by atoms with E-state index in [1.807, 2.05) is 6.07 Å². The molecule has 0 aliphatic heterocycles. The third-order valence-corrected chi connectivity index (χ3v) is 7.44. The Bertz CT molecular complexity index is 1010. The van der Waals surface area contributed by atoms with Crippen LogP contribution < -0.4 is 4.72 Å². The lowest BCUT2D eigenvalue weighted by atomic mass is 9.92. The molecule has 3 rings (SSSR count). The summed E-state index contributed by atoms with van der Waals surface area (Å²) >= 11 is 0. The van der Waals surface area contributed by atoms with Crippen LogP contribution >= 0.6 is 0 Å². The van der Waals surface area contributed by atoms with Crippen LogP contribution in [0.15, 0.2) is 52.3 Å². The van der Waals surface area contributed by atoms with E-state index in [1.165, 1.54) is 17.7 Å². The van der Waals surface area contributed by atoms with Crippen molar-refractivity contribution in [3.05, 3.63) is 59.2 Å². The summed E-state index contributed by atoms with van der Waals surface area (Å²) in [6.45, 7) is 1.74. The monoisotopic (exact) mass is 393 g/mol. The topological polar surface area (TPSA) is 80.3 Å². The standard InChI is InChI=1S/C19H23NO4S2/c1-14(15-7-10-18(11-8-15)25(2,21)22)20-26(23,24)19-12-9-16-5-3-4-6-17(16)13-19/h7-14,20H,3-6H2,1-2H3. The van der Waals surface area contributed by atoms with Gasteiger partial charge in [0.05, 0.1) is 9.79 Å². The van der Waals surface area contributed by atoms with Gasteiger partial charge in [-0.25, -0.2) is 21.6 Å². The van der Waals surface area contributed by atoms with Gasteiger partial charge in [-0.2, -0.15) is 0 Å². The molecule has 0 saturated heterocycles. The van der Waals surface area contributed by atoms with Gasteiger partial charge < -0.3 is 0 Å². The first-order valence-electron chi connectivity index (χ1n) is 8.61. The highest BCUT2D eigenvalue weighted by Gasteiger charge is 2.21. The molecule has 0 aromatic heterocycles. The molecule has 1 unspecified atom stereocenters. The first-order chi connectivity index (χ1) is 12.2. The lowest BCUT2D eigenvalue weighted by Crippen LogP contribution is -2.27. The Morgan fingerprint density at radius 2 is 1.42 bits per heavy atom. The fourth-order valence-corrected chi connectivity index (χ4v) is 5.16. The molecule has 0 amide bonds. The van der Waals surface area contributed by atoms with Crippen molar-refractivity contribution in [1.29, 1.82) is 0 Å². The first-order valence-corrected chi connectivity index (χ1v) is 12.0. The van der Waals surface area contributed by atoms with Gasteiger partial charge in [0.25, 0.3) is 0 Å². The third-order valence-electron chi connectivity index (χ3n) is 4.77. The highest BCUT2D eigenvalue weighted by Crippen LogP contribution is 2.25. The van der Waals surface area contributed by atoms with E-state index in [4.69, 9.17) is 0 Å². The molecule has 0 saturated carbocycles. The number of hydrogen-bond acceptors (Lipinski definition) is 4. The molecular formula is C19H23NO4S2. The summed E-state index contributed by atoms with van der Waals surface area (Å²) in [5, 5.41) is 0. The average Bonchev–Trinajstić information content (AvgIpc) is 2.60. The maximum atomic E-state index is 12.7. The van der Waals surface area contributed by atoms with Crippen LogP contribution in [-0.4, -0.2) is 23.1 Å². The van der Waals surface area contributed by atoms with E-state index in [0.29, 0.717) is 5.56 Å². The van der Waals surface area contributed by atoms with Gasteiger partial charge in [-0.3, -0.25) is 0 Å². The van der Waals surface area contributed by atoms with Crippen molar-refractivity contribution in [2.24, 2.45) is 0 Å². The van der Waals surface area contributed by atoms with Gasteiger partial charge >= 0.3 is 0 Å². The zero-order valence-corrected chi connectivity index (χ0v) is 16.5. The van der Waals surface area contributed by atoms with Crippen LogP contribution in [0.5, 0.6) is 0 Å². The molecule has 2 aromatic rings. The van der Waals surface area contributed by atoms with Gasteiger partial charge in [0.1, 0.15) is 0 Å². The average molecular weight is 394 g/mol. The van der Waals surface area contributed by atoms with Gasteiger partial charge in [-0.15, -0.1) is 0 Å². The fraction of sp³-hybridized carbons (Fsp3) is 0.368. The molecule has 1 aliphatic rings. The van der Waals surface area contributed by atoms with Crippen molar-refractivity contribution < 1.29 is 16.8 Å². The molecule has 5 nitrogen and oxygen atoms in total. The van der Waals surface area contributed by atoms with Crippen LogP contribution in [0, 0.1) is 0 Å². The predicted molar refractivity (Wildman–Crippen MR) is 101 cm³/mol. The fourth-order valence-electron chi connectivity index (χ4n) is 3.25. The number of aryl methyl sites for hydroxylation is 2. The highest BCUT2D eigenvalue weighted by molar-refractivity contribution is 7.90. The highest BCUT2D eigenvalue weighted by atomic mass is 32.2. The number of fused-ring (bicyclic) bond motifs is 1. The molecule has 0 bridgehead atoms. The zero-order chi connectivity index (χ0) is 18.9. The summed E-state index contributed by atoms with van der Waals surface area (Å²) in [4.78, 5) is 0.490. The summed E-state index contributed by atoms with van der Waals surface area (Å²) in [6.07, 6.45) is 5.31. The molecule has 2 aromatic carbocycles. The number of rotatable bonds is 5. The molecule has 26 heavy (non-hydrogen) atoms. The van der Waals surface area contributed by atoms with Gasteiger partial charge in [0, 0.05) is 12.3 Å². The quantitative estimate of drug-likeness (QED) is 0.847. The van der Waals surface area contributed by atoms with Crippen LogP contribution in [-0.2, 0) is 32.7 Å². The number of sulfone groups is 1. The van der Waals surface area contributed by atoms with Gasteiger partial charge in [0.15, 0.2) is 9.84 Å². The molecular weight excluding hydrogens is 370 g/mol. The first kappa shape index (κ1) is 19.1. The molecule has 0 fully saturated rings. The number of sulfonamides is 1. The van der Waals surface area contributed by atoms with Gasteiger partial charge in [0.2, 0.25) is 10.0 Å². The third kappa shape index (κ3) is 4.16. The molecule has 7 heteroatoms. The summed E-state index contributed by atoms with van der Waals surface area (Å²) < 4.78 is 51.2. The summed E-state index contributed by atoms with van der Waals surface area (Å²) in [7, 11) is -6.92. The van der Waals surface area contributed by atoms with Crippen molar-refractivity contribution >= 4 is 19.9 Å². The van der Waals surface area contributed by atoms with E-state index in [9.17, 15) is 16.8 Å². The van der Waals surface area contributed by atoms with Crippen molar-refractivity contribution in [3.63, 3.8) is 0 Å². The Kier molecular flexibility index (Phi) is 5.23. The smallest absolute Gasteiger partial charge is 0.224 e. The Balaban J connectivity index is 1.80. The maximum absolute atomic E-state index is 12.7. The van der Waals surface area contributed by atoms with E-state index < -0.39 is 25.9 Å². The second kappa shape index (κ2) is 7.13. The maximum Gasteiger partial charge on any atom is 0.241 e. The lowest BCUT2D eigenvalue weighted by molar-refractivity contribution is 0.566. The van der Waals surface area contributed by atoms with Crippen molar-refractivity contribution in [1.82, 2.24) is 4.72 Å². The molecule has 1 atom stereocenters. The SMILES string of the molecule is CC(NS(=O)(=O)c1ccc2c(c1)CCCC2)c1ccc(S(C)(=O)=O)cc1. The molecule has 0 heterocycles. The minimum absolute atomic E-state index is 0.214. The second-order valence-corrected chi connectivity index (χ2v) is 10.6. The van der Waals surface area contributed by atoms with E-state index in [1.54, 1.807) is 31.2 Å². The number of nitrogens with one attached hydrogen (secondary N) is 1. The van der Waals surface area contributed by atoms with Crippen molar-refractivity contribution in [2.45, 2.75) is 48.4 Å². The van der Waals surface area contributed by atoms with Crippen LogP contribution in [0.4, 0.5) is 0 Å². The van der Waals surface area contributed by atoms with Crippen LogP contribution in [0.2, 0.25) is 0 Å². The minimum Gasteiger partial charge on any atom is -0.224 e. The molecule has 0 spiro atoms. The molecule has 140 valence electrons. The molecule has 1 aliphatic carbocycles. The summed E-state index contributed by atoms with van der Waals surface area (Å²) in [6, 6.07) is 11.1. The van der Waals surface area contributed by atoms with Crippen molar-refractivity contribution in [2.75, 3.05) is 6.26 Å². The van der Waals surface area contributed by atoms with E-state index in [-0.39, 0.29) is 9.79 Å². The zero-order valence-electron chi connectivity index (χ0n) is 14.9. The second-order valence-electron chi connectivity index (χ2n) is 6.82. The minimum atomic E-state index is -3.65. The summed E-state index contributed by atoms with van der Waals surface area (Å²) in [5.41, 5.74) is 3.06. The van der Waals surface area contributed by atoms with Crippen molar-refractivity contribution in [3.8, 4) is 0 Å². The van der Waals surface area contributed by atoms with Crippen LogP contribution in [0.3, 0.4) is 0 Å². The molecule has 1 N–H and O–H groups in total. The Morgan fingerprint density at radius 1 is 0.846 bits per heavy atom. The van der Waals surface area contributed by atoms with Crippen LogP contribution in [0.25, 0.3) is 0 Å². The number of hydrogen-bond donors (Lipinski definition) is 1. The van der Waals surface area contributed by atoms with E-state index in [2.05, 4.69) is 4.72 Å². The van der Waals surface area contributed by atoms with Gasteiger partial charge in [-0.1, -0.05) is 18.2 Å². The Morgan fingerprint density at radius 3 is 2.04 bits per heavy atom. The number of benzene rings is 2. The predicted octanol–water partition coefficient (Wildman–Crippen LogP) is 3.01. The summed E-state index contributed by atoms with van der Waals surface area (Å²) in [5.74, 6) is 0. The largest absolute Gasteiger partial charge is 0.241 e. The normalized spacial score (nSPS) is 16.1. The van der Waals surface area contributed by atoms with Gasteiger partial charge in [-0.05, 0) is 73.6 Å². The van der Waals surface area contributed by atoms with E-state index >= 15 is 0 Å². The lowest BCUT2D eigenvalue weighted by Gasteiger charge is -2.18. The van der Waals surface area contributed by atoms with Crippen LogP contribution in [0.1, 0.15) is 42.5 Å². The molecule has 0 radical (unpaired) electrons. The van der Waals surface area contributed by atoms with E-state index in [0.717, 1.165) is 37.5 Å². The Labute approximate surface area is 155 Å².